The van der Waals surface area contributed by atoms with E-state index in [9.17, 15) is 17.6 Å². The van der Waals surface area contributed by atoms with Gasteiger partial charge in [-0.15, -0.1) is 0 Å². The van der Waals surface area contributed by atoms with Gasteiger partial charge in [0.15, 0.2) is 0 Å². The van der Waals surface area contributed by atoms with Crippen molar-refractivity contribution >= 4 is 37.5 Å². The Bertz CT molecular complexity index is 1100. The van der Waals surface area contributed by atoms with Gasteiger partial charge < -0.3 is 9.64 Å². The second-order valence-electron chi connectivity index (χ2n) is 7.45. The molecule has 0 bridgehead atoms. The highest BCUT2D eigenvalue weighted by Gasteiger charge is 2.31. The van der Waals surface area contributed by atoms with Crippen molar-refractivity contribution in [2.75, 3.05) is 37.7 Å². The Morgan fingerprint density at radius 2 is 1.87 bits per heavy atom. The predicted molar refractivity (Wildman–Crippen MR) is 115 cm³/mol. The number of rotatable bonds is 3. The third kappa shape index (κ3) is 3.91. The zero-order valence-electron chi connectivity index (χ0n) is 16.5. The molecule has 160 valence electrons. The first-order valence-corrected chi connectivity index (χ1v) is 12.0. The summed E-state index contributed by atoms with van der Waals surface area (Å²) in [6.07, 6.45) is 1.39. The largest absolute Gasteiger partial charge is 0.379 e. The Hall–Kier alpha value is -1.81. The van der Waals surface area contributed by atoms with Gasteiger partial charge in [0.1, 0.15) is 5.82 Å². The van der Waals surface area contributed by atoms with Gasteiger partial charge >= 0.3 is 0 Å². The molecule has 0 N–H and O–H groups in total. The molecule has 2 heterocycles. The van der Waals surface area contributed by atoms with Crippen LogP contribution in [0.4, 0.5) is 10.1 Å². The molecule has 0 atom stereocenters. The second-order valence-corrected chi connectivity index (χ2v) is 10.3. The number of anilines is 1. The molecule has 0 radical (unpaired) electrons. The van der Waals surface area contributed by atoms with Crippen LogP contribution < -0.4 is 4.90 Å². The molecule has 4 rings (SSSR count). The fourth-order valence-corrected chi connectivity index (χ4v) is 6.08. The minimum atomic E-state index is -3.75. The molecular weight excluding hydrogens is 475 g/mol. The summed E-state index contributed by atoms with van der Waals surface area (Å²) in [5.41, 5.74) is 1.82. The van der Waals surface area contributed by atoms with E-state index in [0.29, 0.717) is 42.6 Å². The lowest BCUT2D eigenvalue weighted by molar-refractivity contribution is 0.0730. The Morgan fingerprint density at radius 3 is 2.60 bits per heavy atom. The number of carbonyl (C=O) groups is 1. The van der Waals surface area contributed by atoms with Crippen molar-refractivity contribution < 1.29 is 22.3 Å². The molecular formula is C21H22BrFN2O4S. The number of morpholine rings is 1. The number of aryl methyl sites for hydroxylation is 2. The first kappa shape index (κ1) is 21.4. The summed E-state index contributed by atoms with van der Waals surface area (Å²) in [5, 5.41) is 0. The maximum absolute atomic E-state index is 14.7. The summed E-state index contributed by atoms with van der Waals surface area (Å²) in [5.74, 6) is -0.878. The summed E-state index contributed by atoms with van der Waals surface area (Å²) in [7, 11) is -3.75. The number of hydrogen-bond acceptors (Lipinski definition) is 4. The Morgan fingerprint density at radius 1 is 1.13 bits per heavy atom. The molecule has 1 fully saturated rings. The number of sulfonamides is 1. The normalized spacial score (nSPS) is 17.6. The number of benzene rings is 2. The first-order chi connectivity index (χ1) is 14.3. The third-order valence-electron chi connectivity index (χ3n) is 5.47. The molecule has 2 aromatic carbocycles. The zero-order valence-corrected chi connectivity index (χ0v) is 18.9. The number of ether oxygens (including phenoxy) is 1. The molecule has 0 aliphatic carbocycles. The van der Waals surface area contributed by atoms with Gasteiger partial charge in [0.2, 0.25) is 10.0 Å². The van der Waals surface area contributed by atoms with Gasteiger partial charge in [0.05, 0.1) is 23.8 Å². The van der Waals surface area contributed by atoms with E-state index in [0.717, 1.165) is 5.56 Å². The number of nitrogens with zero attached hydrogens (tertiary/aromatic N) is 2. The van der Waals surface area contributed by atoms with Crippen LogP contribution in [0.1, 0.15) is 27.9 Å². The van der Waals surface area contributed by atoms with E-state index >= 15 is 0 Å². The zero-order chi connectivity index (χ0) is 21.5. The molecule has 2 aromatic rings. The van der Waals surface area contributed by atoms with Crippen LogP contribution >= 0.6 is 15.9 Å². The summed E-state index contributed by atoms with van der Waals surface area (Å²) in [6, 6.07) is 7.80. The highest BCUT2D eigenvalue weighted by atomic mass is 79.9. The summed E-state index contributed by atoms with van der Waals surface area (Å²) in [6.45, 7) is 3.32. The van der Waals surface area contributed by atoms with E-state index in [1.54, 1.807) is 19.1 Å². The molecule has 1 saturated heterocycles. The van der Waals surface area contributed by atoms with Crippen LogP contribution in [0.25, 0.3) is 0 Å². The maximum Gasteiger partial charge on any atom is 0.258 e. The topological polar surface area (TPSA) is 66.9 Å². The minimum absolute atomic E-state index is 0.101. The number of carbonyl (C=O) groups excluding carboxylic acids is 1. The van der Waals surface area contributed by atoms with Crippen molar-refractivity contribution in [1.82, 2.24) is 4.31 Å². The van der Waals surface area contributed by atoms with Crippen molar-refractivity contribution in [3.05, 3.63) is 57.3 Å². The monoisotopic (exact) mass is 496 g/mol. The van der Waals surface area contributed by atoms with E-state index in [-0.39, 0.29) is 29.2 Å². The van der Waals surface area contributed by atoms with Crippen molar-refractivity contribution in [3.8, 4) is 0 Å². The fourth-order valence-electron chi connectivity index (χ4n) is 3.95. The molecule has 6 nitrogen and oxygen atoms in total. The van der Waals surface area contributed by atoms with Crippen LogP contribution in [0.3, 0.4) is 0 Å². The van der Waals surface area contributed by atoms with Gasteiger partial charge in [-0.05, 0) is 55.2 Å². The molecule has 0 unspecified atom stereocenters. The molecule has 0 aromatic heterocycles. The highest BCUT2D eigenvalue weighted by molar-refractivity contribution is 9.10. The standard InChI is InChI=1S/C21H22BrFN2O4S/c1-14-4-5-16(12-19(14)30(27,28)24-7-9-29-10-8-24)21(26)25-6-2-3-15-11-17(22)13-18(23)20(15)25/h4-5,11-13H,2-3,6-10H2,1H3. The van der Waals surface area contributed by atoms with Crippen molar-refractivity contribution in [3.63, 3.8) is 0 Å². The van der Waals surface area contributed by atoms with Gasteiger partial charge in [-0.1, -0.05) is 22.0 Å². The van der Waals surface area contributed by atoms with Crippen LogP contribution in [0.15, 0.2) is 39.7 Å². The SMILES string of the molecule is Cc1ccc(C(=O)N2CCCc3cc(Br)cc(F)c32)cc1S(=O)(=O)N1CCOCC1. The van der Waals surface area contributed by atoms with Crippen LogP contribution in [-0.4, -0.2) is 51.5 Å². The lowest BCUT2D eigenvalue weighted by atomic mass is 10.00. The van der Waals surface area contributed by atoms with Crippen molar-refractivity contribution in [2.45, 2.75) is 24.7 Å². The number of hydrogen-bond donors (Lipinski definition) is 0. The molecule has 0 saturated carbocycles. The van der Waals surface area contributed by atoms with E-state index < -0.39 is 21.7 Å². The molecule has 2 aliphatic rings. The van der Waals surface area contributed by atoms with Gasteiger partial charge in [-0.3, -0.25) is 4.79 Å². The van der Waals surface area contributed by atoms with Gasteiger partial charge in [-0.2, -0.15) is 4.31 Å². The lowest BCUT2D eigenvalue weighted by Crippen LogP contribution is -2.41. The summed E-state index contributed by atoms with van der Waals surface area (Å²) < 4.78 is 48.2. The lowest BCUT2D eigenvalue weighted by Gasteiger charge is -2.30. The quantitative estimate of drug-likeness (QED) is 0.651. The number of halogens is 2. The summed E-state index contributed by atoms with van der Waals surface area (Å²) in [4.78, 5) is 14.8. The summed E-state index contributed by atoms with van der Waals surface area (Å²) >= 11 is 3.30. The van der Waals surface area contributed by atoms with Crippen LogP contribution in [-0.2, 0) is 21.2 Å². The Balaban J connectivity index is 1.71. The minimum Gasteiger partial charge on any atom is -0.379 e. The van der Waals surface area contributed by atoms with Gasteiger partial charge in [0.25, 0.3) is 5.91 Å². The number of amides is 1. The predicted octanol–water partition coefficient (Wildman–Crippen LogP) is 3.51. The average Bonchev–Trinajstić information content (AvgIpc) is 2.73. The molecule has 30 heavy (non-hydrogen) atoms. The Kier molecular flexibility index (Phi) is 5.98. The van der Waals surface area contributed by atoms with Crippen molar-refractivity contribution in [1.29, 1.82) is 0 Å². The van der Waals surface area contributed by atoms with Gasteiger partial charge in [-0.25, -0.2) is 12.8 Å². The van der Waals surface area contributed by atoms with Crippen LogP contribution in [0.2, 0.25) is 0 Å². The molecule has 9 heteroatoms. The van der Waals surface area contributed by atoms with E-state index in [1.165, 1.54) is 21.3 Å². The highest BCUT2D eigenvalue weighted by Crippen LogP contribution is 2.34. The van der Waals surface area contributed by atoms with E-state index in [2.05, 4.69) is 15.9 Å². The Labute approximate surface area is 183 Å². The van der Waals surface area contributed by atoms with E-state index in [1.807, 2.05) is 6.07 Å². The smallest absolute Gasteiger partial charge is 0.258 e. The van der Waals surface area contributed by atoms with Crippen molar-refractivity contribution in [2.24, 2.45) is 0 Å². The first-order valence-electron chi connectivity index (χ1n) is 9.77. The molecule has 2 aliphatic heterocycles. The van der Waals surface area contributed by atoms with Gasteiger partial charge in [0, 0.05) is 29.7 Å². The van der Waals surface area contributed by atoms with E-state index in [4.69, 9.17) is 4.74 Å². The average molecular weight is 497 g/mol. The molecule has 1 amide bonds. The second kappa shape index (κ2) is 8.37. The van der Waals surface area contributed by atoms with Crippen LogP contribution in [0.5, 0.6) is 0 Å². The maximum atomic E-state index is 14.7. The van der Waals surface area contributed by atoms with Crippen LogP contribution in [0, 0.1) is 12.7 Å². The number of fused-ring (bicyclic) bond motifs is 1. The fraction of sp³-hybridized carbons (Fsp3) is 0.381. The molecule has 0 spiro atoms. The third-order valence-corrected chi connectivity index (χ3v) is 7.97.